The number of halogens is 1. The molecule has 1 aliphatic carbocycles. The van der Waals surface area contributed by atoms with E-state index in [1.165, 1.54) is 0 Å². The van der Waals surface area contributed by atoms with Gasteiger partial charge in [0.1, 0.15) is 0 Å². The van der Waals surface area contributed by atoms with Crippen LogP contribution in [0.2, 0.25) is 5.02 Å². The van der Waals surface area contributed by atoms with Gasteiger partial charge in [0.25, 0.3) is 0 Å². The first-order chi connectivity index (χ1) is 7.44. The molecule has 16 heavy (non-hydrogen) atoms. The molecular weight excluding hydrogens is 226 g/mol. The number of hydrogen-bond donors (Lipinski definition) is 1. The van der Waals surface area contributed by atoms with Crippen molar-refractivity contribution in [1.82, 2.24) is 0 Å². The van der Waals surface area contributed by atoms with Gasteiger partial charge in [-0.2, -0.15) is 0 Å². The van der Waals surface area contributed by atoms with Crippen LogP contribution in [0.1, 0.15) is 25.8 Å². The summed E-state index contributed by atoms with van der Waals surface area (Å²) in [6, 6.07) is 3.84. The molecule has 1 aromatic rings. The molecule has 4 heteroatoms. The summed E-state index contributed by atoms with van der Waals surface area (Å²) < 4.78 is 10.6. The van der Waals surface area contributed by atoms with Crippen molar-refractivity contribution in [3.63, 3.8) is 0 Å². The largest absolute Gasteiger partial charge is 0.454 e. The molecule has 2 N–H and O–H groups in total. The van der Waals surface area contributed by atoms with Crippen LogP contribution in [0.5, 0.6) is 11.5 Å². The van der Waals surface area contributed by atoms with Crippen LogP contribution < -0.4 is 15.2 Å². The van der Waals surface area contributed by atoms with Gasteiger partial charge in [-0.15, -0.1) is 0 Å². The maximum Gasteiger partial charge on any atom is 0.231 e. The van der Waals surface area contributed by atoms with E-state index in [9.17, 15) is 0 Å². The second-order valence-electron chi connectivity index (χ2n) is 5.22. The maximum atomic E-state index is 6.35. The Balaban J connectivity index is 2.08. The number of rotatable bonds is 1. The molecule has 1 aromatic carbocycles. The number of hydrogen-bond acceptors (Lipinski definition) is 3. The van der Waals surface area contributed by atoms with Crippen molar-refractivity contribution in [2.45, 2.75) is 25.8 Å². The van der Waals surface area contributed by atoms with E-state index < -0.39 is 0 Å². The van der Waals surface area contributed by atoms with Crippen LogP contribution in [0, 0.1) is 5.41 Å². The Morgan fingerprint density at radius 3 is 2.62 bits per heavy atom. The van der Waals surface area contributed by atoms with E-state index in [0.29, 0.717) is 16.5 Å². The van der Waals surface area contributed by atoms with Gasteiger partial charge in [0, 0.05) is 5.54 Å². The summed E-state index contributed by atoms with van der Waals surface area (Å²) >= 11 is 6.14. The van der Waals surface area contributed by atoms with Crippen molar-refractivity contribution < 1.29 is 9.47 Å². The van der Waals surface area contributed by atoms with E-state index in [1.54, 1.807) is 0 Å². The minimum absolute atomic E-state index is 0.129. The third kappa shape index (κ3) is 1.19. The third-order valence-electron chi connectivity index (χ3n) is 3.75. The van der Waals surface area contributed by atoms with Crippen molar-refractivity contribution in [2.24, 2.45) is 11.1 Å². The number of benzene rings is 1. The molecule has 0 amide bonds. The van der Waals surface area contributed by atoms with Crippen molar-refractivity contribution in [3.8, 4) is 11.5 Å². The summed E-state index contributed by atoms with van der Waals surface area (Å²) in [5.74, 6) is 1.34. The number of nitrogens with two attached hydrogens (primary N) is 1. The van der Waals surface area contributed by atoms with E-state index >= 15 is 0 Å². The highest BCUT2D eigenvalue weighted by atomic mass is 35.5. The first-order valence-corrected chi connectivity index (χ1v) is 5.70. The van der Waals surface area contributed by atoms with Gasteiger partial charge in [-0.05, 0) is 29.5 Å². The van der Waals surface area contributed by atoms with Crippen LogP contribution in [0.4, 0.5) is 0 Å². The van der Waals surface area contributed by atoms with Gasteiger partial charge in [0.05, 0.1) is 5.02 Å². The molecule has 1 unspecified atom stereocenters. The fourth-order valence-corrected chi connectivity index (χ4v) is 2.64. The first-order valence-electron chi connectivity index (χ1n) is 5.33. The topological polar surface area (TPSA) is 44.5 Å². The zero-order valence-electron chi connectivity index (χ0n) is 9.34. The molecule has 0 spiro atoms. The summed E-state index contributed by atoms with van der Waals surface area (Å²) in [6.45, 7) is 4.55. The summed E-state index contributed by atoms with van der Waals surface area (Å²) in [5.41, 5.74) is 7.24. The lowest BCUT2D eigenvalue weighted by Crippen LogP contribution is -2.25. The van der Waals surface area contributed by atoms with Crippen LogP contribution in [0.15, 0.2) is 12.1 Å². The normalized spacial score (nSPS) is 29.2. The molecule has 0 bridgehead atoms. The molecule has 3 nitrogen and oxygen atoms in total. The Labute approximate surface area is 99.5 Å². The van der Waals surface area contributed by atoms with Crippen molar-refractivity contribution in [3.05, 3.63) is 22.7 Å². The zero-order chi connectivity index (χ0) is 11.6. The van der Waals surface area contributed by atoms with Crippen LogP contribution in [0.3, 0.4) is 0 Å². The molecule has 1 aliphatic heterocycles. The molecule has 1 atom stereocenters. The van der Waals surface area contributed by atoms with Gasteiger partial charge >= 0.3 is 0 Å². The average Bonchev–Trinajstić information content (AvgIpc) is 2.63. The third-order valence-corrected chi connectivity index (χ3v) is 4.03. The van der Waals surface area contributed by atoms with Gasteiger partial charge in [-0.25, -0.2) is 0 Å². The Morgan fingerprint density at radius 2 is 2.00 bits per heavy atom. The minimum Gasteiger partial charge on any atom is -0.454 e. The fourth-order valence-electron chi connectivity index (χ4n) is 2.37. The highest BCUT2D eigenvalue weighted by molar-refractivity contribution is 6.32. The zero-order valence-corrected chi connectivity index (χ0v) is 10.1. The molecule has 0 radical (unpaired) electrons. The van der Waals surface area contributed by atoms with E-state index in [2.05, 4.69) is 13.8 Å². The van der Waals surface area contributed by atoms with E-state index in [1.807, 2.05) is 12.1 Å². The molecule has 3 rings (SSSR count). The van der Waals surface area contributed by atoms with Gasteiger partial charge in [0.2, 0.25) is 6.79 Å². The van der Waals surface area contributed by atoms with Crippen molar-refractivity contribution >= 4 is 11.6 Å². The summed E-state index contributed by atoms with van der Waals surface area (Å²) in [4.78, 5) is 0. The van der Waals surface area contributed by atoms with Crippen molar-refractivity contribution in [1.29, 1.82) is 0 Å². The predicted molar refractivity (Wildman–Crippen MR) is 61.8 cm³/mol. The SMILES string of the molecule is CC1(C)CC1(N)c1cc(Cl)c2c(c1)OCO2. The molecule has 86 valence electrons. The summed E-state index contributed by atoms with van der Waals surface area (Å²) in [7, 11) is 0. The van der Waals surface area contributed by atoms with Crippen LogP contribution in [0.25, 0.3) is 0 Å². The smallest absolute Gasteiger partial charge is 0.231 e. The maximum absolute atomic E-state index is 6.35. The lowest BCUT2D eigenvalue weighted by molar-refractivity contribution is 0.174. The highest BCUT2D eigenvalue weighted by Gasteiger charge is 2.59. The Kier molecular flexibility index (Phi) is 1.82. The van der Waals surface area contributed by atoms with Gasteiger partial charge < -0.3 is 15.2 Å². The molecular formula is C12H14ClNO2. The molecule has 1 fully saturated rings. The molecule has 0 saturated heterocycles. The molecule has 1 saturated carbocycles. The second kappa shape index (κ2) is 2.84. The molecule has 2 aliphatic rings. The number of fused-ring (bicyclic) bond motifs is 1. The van der Waals surface area contributed by atoms with Crippen LogP contribution in [-0.2, 0) is 5.54 Å². The quantitative estimate of drug-likeness (QED) is 0.820. The van der Waals surface area contributed by atoms with E-state index in [-0.39, 0.29) is 17.7 Å². The monoisotopic (exact) mass is 239 g/mol. The first kappa shape index (κ1) is 10.2. The highest BCUT2D eigenvalue weighted by Crippen LogP contribution is 2.61. The van der Waals surface area contributed by atoms with Crippen molar-refractivity contribution in [2.75, 3.05) is 6.79 Å². The van der Waals surface area contributed by atoms with Gasteiger partial charge in [0.15, 0.2) is 11.5 Å². The Hall–Kier alpha value is -0.930. The van der Waals surface area contributed by atoms with E-state index in [4.69, 9.17) is 26.8 Å². The Bertz CT molecular complexity index is 472. The molecule has 0 aromatic heterocycles. The summed E-state index contributed by atoms with van der Waals surface area (Å²) in [5, 5.41) is 0.581. The lowest BCUT2D eigenvalue weighted by atomic mass is 9.97. The number of ether oxygens (including phenoxy) is 2. The average molecular weight is 240 g/mol. The van der Waals surface area contributed by atoms with Crippen LogP contribution in [-0.4, -0.2) is 6.79 Å². The fraction of sp³-hybridized carbons (Fsp3) is 0.500. The predicted octanol–water partition coefficient (Wildman–Crippen LogP) is 2.65. The second-order valence-corrected chi connectivity index (χ2v) is 5.63. The minimum atomic E-state index is -0.280. The van der Waals surface area contributed by atoms with Crippen LogP contribution >= 0.6 is 11.6 Å². The van der Waals surface area contributed by atoms with E-state index in [0.717, 1.165) is 12.0 Å². The standard InChI is InChI=1S/C12H14ClNO2/c1-11(2)5-12(11,14)7-3-8(13)10-9(4-7)15-6-16-10/h3-4H,5-6,14H2,1-2H3. The Morgan fingerprint density at radius 1 is 1.31 bits per heavy atom. The van der Waals surface area contributed by atoms with Gasteiger partial charge in [-0.1, -0.05) is 25.4 Å². The lowest BCUT2D eigenvalue weighted by Gasteiger charge is -2.16. The van der Waals surface area contributed by atoms with Gasteiger partial charge in [-0.3, -0.25) is 0 Å². The summed E-state index contributed by atoms with van der Waals surface area (Å²) in [6.07, 6.45) is 0.968. The molecule has 1 heterocycles.